The zero-order valence-electron chi connectivity index (χ0n) is 16.2. The standard InChI is InChI=1S/C20H27N3O3.HI/c1-5-21-20(22-13-15-9-7-6-8-10-15)23-14-17-18(25-3)11-16(24-2)12-19(17)26-4;/h6-12H,5,13-14H2,1-4H3,(H2,21,22,23);1H. The Morgan fingerprint density at radius 2 is 1.56 bits per heavy atom. The zero-order chi connectivity index (χ0) is 18.8. The molecule has 0 heterocycles. The van der Waals surface area contributed by atoms with Crippen molar-refractivity contribution in [2.24, 2.45) is 4.99 Å². The molecule has 6 nitrogen and oxygen atoms in total. The molecule has 0 unspecified atom stereocenters. The number of benzene rings is 2. The van der Waals surface area contributed by atoms with Crippen LogP contribution in [0.2, 0.25) is 0 Å². The maximum absolute atomic E-state index is 5.49. The van der Waals surface area contributed by atoms with Gasteiger partial charge in [0.1, 0.15) is 17.2 Å². The molecule has 2 aromatic rings. The topological polar surface area (TPSA) is 64.1 Å². The van der Waals surface area contributed by atoms with Gasteiger partial charge in [-0.1, -0.05) is 30.3 Å². The van der Waals surface area contributed by atoms with E-state index < -0.39 is 0 Å². The first kappa shape index (κ1) is 22.9. The van der Waals surface area contributed by atoms with Crippen molar-refractivity contribution >= 4 is 29.9 Å². The lowest BCUT2D eigenvalue weighted by atomic mass is 10.1. The number of rotatable bonds is 8. The quantitative estimate of drug-likeness (QED) is 0.340. The van der Waals surface area contributed by atoms with Crippen molar-refractivity contribution in [3.05, 3.63) is 53.6 Å². The fourth-order valence-corrected chi connectivity index (χ4v) is 2.52. The van der Waals surface area contributed by atoms with Crippen LogP contribution in [0.5, 0.6) is 17.2 Å². The van der Waals surface area contributed by atoms with Gasteiger partial charge in [0.2, 0.25) is 0 Å². The molecule has 0 fully saturated rings. The Bertz CT molecular complexity index is 699. The van der Waals surface area contributed by atoms with E-state index in [1.165, 1.54) is 0 Å². The maximum atomic E-state index is 5.49. The van der Waals surface area contributed by atoms with Crippen molar-refractivity contribution in [1.82, 2.24) is 10.6 Å². The second-order valence-electron chi connectivity index (χ2n) is 5.54. The fourth-order valence-electron chi connectivity index (χ4n) is 2.52. The lowest BCUT2D eigenvalue weighted by molar-refractivity contribution is 0.368. The predicted molar refractivity (Wildman–Crippen MR) is 120 cm³/mol. The molecule has 7 heteroatoms. The summed E-state index contributed by atoms with van der Waals surface area (Å²) >= 11 is 0. The normalized spacial score (nSPS) is 10.6. The van der Waals surface area contributed by atoms with Crippen LogP contribution in [0.25, 0.3) is 0 Å². The summed E-state index contributed by atoms with van der Waals surface area (Å²) in [6.45, 7) is 3.93. The van der Waals surface area contributed by atoms with Crippen LogP contribution in [0.15, 0.2) is 47.5 Å². The van der Waals surface area contributed by atoms with Crippen molar-refractivity contribution in [2.45, 2.75) is 20.0 Å². The molecule has 0 saturated carbocycles. The summed E-state index contributed by atoms with van der Waals surface area (Å²) in [5.41, 5.74) is 2.06. The smallest absolute Gasteiger partial charge is 0.191 e. The van der Waals surface area contributed by atoms with Gasteiger partial charge in [-0.3, -0.25) is 0 Å². The third-order valence-corrected chi connectivity index (χ3v) is 3.86. The van der Waals surface area contributed by atoms with Gasteiger partial charge in [-0.25, -0.2) is 4.99 Å². The molecule has 0 aromatic heterocycles. The van der Waals surface area contributed by atoms with Crippen LogP contribution in [0.3, 0.4) is 0 Å². The Kier molecular flexibility index (Phi) is 10.4. The number of halogens is 1. The van der Waals surface area contributed by atoms with Crippen molar-refractivity contribution < 1.29 is 14.2 Å². The molecule has 0 atom stereocenters. The van der Waals surface area contributed by atoms with Gasteiger partial charge in [0, 0.05) is 18.7 Å². The van der Waals surface area contributed by atoms with Crippen molar-refractivity contribution in [3.63, 3.8) is 0 Å². The predicted octanol–water partition coefficient (Wildman–Crippen LogP) is 3.59. The summed E-state index contributed by atoms with van der Waals surface area (Å²) in [7, 11) is 4.88. The van der Waals surface area contributed by atoms with Crippen LogP contribution in [0.4, 0.5) is 0 Å². The summed E-state index contributed by atoms with van der Waals surface area (Å²) in [5, 5.41) is 6.59. The van der Waals surface area contributed by atoms with Crippen LogP contribution in [-0.2, 0) is 13.1 Å². The molecule has 2 N–H and O–H groups in total. The van der Waals surface area contributed by atoms with Crippen LogP contribution >= 0.6 is 24.0 Å². The van der Waals surface area contributed by atoms with Gasteiger partial charge < -0.3 is 24.8 Å². The van der Waals surface area contributed by atoms with Crippen LogP contribution in [-0.4, -0.2) is 33.8 Å². The Labute approximate surface area is 178 Å². The third kappa shape index (κ3) is 6.82. The Morgan fingerprint density at radius 3 is 2.07 bits per heavy atom. The molecule has 0 bridgehead atoms. The minimum Gasteiger partial charge on any atom is -0.496 e. The van der Waals surface area contributed by atoms with E-state index in [-0.39, 0.29) is 24.0 Å². The highest BCUT2D eigenvalue weighted by Crippen LogP contribution is 2.33. The van der Waals surface area contributed by atoms with E-state index in [0.717, 1.165) is 23.6 Å². The first-order valence-electron chi connectivity index (χ1n) is 8.56. The Morgan fingerprint density at radius 1 is 0.926 bits per heavy atom. The summed E-state index contributed by atoms with van der Waals surface area (Å²) < 4.78 is 16.3. The summed E-state index contributed by atoms with van der Waals surface area (Å²) in [5.74, 6) is 2.82. The molecule has 2 aromatic carbocycles. The second kappa shape index (κ2) is 12.3. The van der Waals surface area contributed by atoms with Crippen LogP contribution < -0.4 is 24.8 Å². The highest BCUT2D eigenvalue weighted by atomic mass is 127. The van der Waals surface area contributed by atoms with E-state index in [0.29, 0.717) is 30.3 Å². The second-order valence-corrected chi connectivity index (χ2v) is 5.54. The van der Waals surface area contributed by atoms with Crippen molar-refractivity contribution in [1.29, 1.82) is 0 Å². The van der Waals surface area contributed by atoms with Gasteiger partial charge in [-0.15, -0.1) is 24.0 Å². The average molecular weight is 485 g/mol. The maximum Gasteiger partial charge on any atom is 0.191 e. The summed E-state index contributed by atoms with van der Waals surface area (Å²) in [4.78, 5) is 4.63. The number of aliphatic imine (C=N–C) groups is 1. The summed E-state index contributed by atoms with van der Waals surface area (Å²) in [6, 6.07) is 13.8. The number of nitrogens with one attached hydrogen (secondary N) is 2. The van der Waals surface area contributed by atoms with E-state index in [1.54, 1.807) is 21.3 Å². The van der Waals surface area contributed by atoms with Crippen molar-refractivity contribution in [3.8, 4) is 17.2 Å². The Balaban J connectivity index is 0.00000364. The first-order valence-corrected chi connectivity index (χ1v) is 8.56. The monoisotopic (exact) mass is 485 g/mol. The molecule has 0 aliphatic rings. The number of ether oxygens (including phenoxy) is 3. The lowest BCUT2D eigenvalue weighted by Crippen LogP contribution is -2.37. The van der Waals surface area contributed by atoms with E-state index in [1.807, 2.05) is 37.3 Å². The van der Waals surface area contributed by atoms with Gasteiger partial charge >= 0.3 is 0 Å². The van der Waals surface area contributed by atoms with Gasteiger partial charge in [-0.05, 0) is 12.5 Å². The van der Waals surface area contributed by atoms with Gasteiger partial charge in [0.15, 0.2) is 5.96 Å². The average Bonchev–Trinajstić information content (AvgIpc) is 2.70. The van der Waals surface area contributed by atoms with E-state index in [2.05, 4.69) is 27.8 Å². The lowest BCUT2D eigenvalue weighted by Gasteiger charge is -2.17. The molecule has 0 aliphatic carbocycles. The number of hydrogen-bond donors (Lipinski definition) is 2. The van der Waals surface area contributed by atoms with E-state index in [4.69, 9.17) is 14.2 Å². The fraction of sp³-hybridized carbons (Fsp3) is 0.350. The summed E-state index contributed by atoms with van der Waals surface area (Å²) in [6.07, 6.45) is 0. The van der Waals surface area contributed by atoms with Crippen LogP contribution in [0.1, 0.15) is 18.1 Å². The van der Waals surface area contributed by atoms with E-state index >= 15 is 0 Å². The number of nitrogens with zero attached hydrogens (tertiary/aromatic N) is 1. The molecule has 0 amide bonds. The minimum atomic E-state index is 0. The molecule has 0 spiro atoms. The SMILES string of the molecule is CCNC(=NCc1ccccc1)NCc1c(OC)cc(OC)cc1OC.I. The number of methoxy groups -OCH3 is 3. The first-order chi connectivity index (χ1) is 12.7. The molecule has 0 radical (unpaired) electrons. The van der Waals surface area contributed by atoms with Crippen molar-refractivity contribution in [2.75, 3.05) is 27.9 Å². The number of guanidine groups is 1. The molecule has 0 saturated heterocycles. The molecule has 27 heavy (non-hydrogen) atoms. The van der Waals surface area contributed by atoms with Gasteiger partial charge in [-0.2, -0.15) is 0 Å². The zero-order valence-corrected chi connectivity index (χ0v) is 18.6. The van der Waals surface area contributed by atoms with Crippen LogP contribution in [0, 0.1) is 0 Å². The largest absolute Gasteiger partial charge is 0.496 e. The number of hydrogen-bond acceptors (Lipinski definition) is 4. The molecular weight excluding hydrogens is 457 g/mol. The molecule has 2 rings (SSSR count). The highest BCUT2D eigenvalue weighted by molar-refractivity contribution is 14.0. The Hall–Kier alpha value is -2.16. The highest BCUT2D eigenvalue weighted by Gasteiger charge is 2.13. The molecule has 0 aliphatic heterocycles. The van der Waals surface area contributed by atoms with Gasteiger partial charge in [0.05, 0.1) is 40.0 Å². The third-order valence-electron chi connectivity index (χ3n) is 3.86. The minimum absolute atomic E-state index is 0. The van der Waals surface area contributed by atoms with Gasteiger partial charge in [0.25, 0.3) is 0 Å². The molecular formula is C20H28IN3O3. The van der Waals surface area contributed by atoms with E-state index in [9.17, 15) is 0 Å². The molecule has 148 valence electrons.